The summed E-state index contributed by atoms with van der Waals surface area (Å²) in [7, 11) is 0.294. The zero-order valence-electron chi connectivity index (χ0n) is 17.1. The van der Waals surface area contributed by atoms with E-state index in [1.165, 1.54) is 57.8 Å². The molecule has 0 atom stereocenters. The second kappa shape index (κ2) is 10.4. The molecule has 0 bridgehead atoms. The van der Waals surface area contributed by atoms with Gasteiger partial charge in [0.1, 0.15) is 10.6 Å². The molecule has 0 saturated carbocycles. The van der Waals surface area contributed by atoms with Crippen LogP contribution in [0.5, 0.6) is 5.75 Å². The average Bonchev–Trinajstić information content (AvgIpc) is 2.72. The van der Waals surface area contributed by atoms with Gasteiger partial charge in [-0.3, -0.25) is 4.79 Å². The minimum Gasteiger partial charge on any atom is -0.495 e. The van der Waals surface area contributed by atoms with Crippen LogP contribution in [0, 0.1) is 0 Å². The Balaban J connectivity index is 1.93. The van der Waals surface area contributed by atoms with Crippen LogP contribution in [0.3, 0.4) is 0 Å². The topological polar surface area (TPSA) is 102 Å². The fraction of sp³-hybridized carbons (Fsp3) is 0.500. The van der Waals surface area contributed by atoms with Crippen molar-refractivity contribution in [3.05, 3.63) is 35.4 Å². The Morgan fingerprint density at radius 1 is 1.21 bits per heavy atom. The number of esters is 1. The largest absolute Gasteiger partial charge is 0.495 e. The molecule has 29 heavy (non-hydrogen) atoms. The van der Waals surface area contributed by atoms with Crippen LogP contribution in [-0.4, -0.2) is 59.0 Å². The molecule has 1 aliphatic rings. The highest BCUT2D eigenvalue weighted by molar-refractivity contribution is 7.89. The van der Waals surface area contributed by atoms with Crippen molar-refractivity contribution in [1.29, 1.82) is 0 Å². The quantitative estimate of drug-likeness (QED) is 0.481. The number of amides is 1. The summed E-state index contributed by atoms with van der Waals surface area (Å²) in [5, 5.41) is 2.73. The third kappa shape index (κ3) is 6.30. The molecular formula is C20H28N2O6S. The minimum atomic E-state index is -3.81. The molecule has 1 aliphatic carbocycles. The van der Waals surface area contributed by atoms with Gasteiger partial charge in [-0.05, 0) is 50.3 Å². The van der Waals surface area contributed by atoms with Gasteiger partial charge in [-0.15, -0.1) is 0 Å². The van der Waals surface area contributed by atoms with Crippen molar-refractivity contribution in [3.63, 3.8) is 0 Å². The number of hydrogen-bond donors (Lipinski definition) is 1. The molecule has 0 aliphatic heterocycles. The Bertz CT molecular complexity index is 877. The fourth-order valence-corrected chi connectivity index (χ4v) is 4.04. The number of allylic oxidation sites excluding steroid dienone is 1. The lowest BCUT2D eigenvalue weighted by atomic mass is 9.97. The van der Waals surface area contributed by atoms with Crippen LogP contribution < -0.4 is 10.1 Å². The standard InChI is InChI=1S/C20H28N2O6S/c1-22(2)29(25,26)18-13-16(9-10-17(18)27-3)20(24)28-14-19(23)21-12-11-15-7-5-4-6-8-15/h7,9-10,13H,4-6,8,11-12,14H2,1-3H3,(H,21,23). The maximum atomic E-state index is 12.4. The molecule has 1 aromatic rings. The van der Waals surface area contributed by atoms with E-state index in [-0.39, 0.29) is 16.2 Å². The Labute approximate surface area is 171 Å². The molecule has 1 N–H and O–H groups in total. The van der Waals surface area contributed by atoms with Gasteiger partial charge in [0.2, 0.25) is 10.0 Å². The zero-order valence-corrected chi connectivity index (χ0v) is 17.9. The van der Waals surface area contributed by atoms with Crippen molar-refractivity contribution in [3.8, 4) is 5.75 Å². The van der Waals surface area contributed by atoms with Gasteiger partial charge < -0.3 is 14.8 Å². The van der Waals surface area contributed by atoms with E-state index < -0.39 is 28.5 Å². The van der Waals surface area contributed by atoms with E-state index in [2.05, 4.69) is 11.4 Å². The molecule has 0 spiro atoms. The predicted molar refractivity (Wildman–Crippen MR) is 108 cm³/mol. The minimum absolute atomic E-state index is 0.0198. The maximum absolute atomic E-state index is 12.4. The summed E-state index contributed by atoms with van der Waals surface area (Å²) in [6, 6.07) is 3.96. The molecule has 8 nitrogen and oxygen atoms in total. The third-order valence-electron chi connectivity index (χ3n) is 4.65. The molecular weight excluding hydrogens is 396 g/mol. The van der Waals surface area contributed by atoms with Crippen LogP contribution in [0.4, 0.5) is 0 Å². The first-order valence-electron chi connectivity index (χ1n) is 9.48. The van der Waals surface area contributed by atoms with Crippen LogP contribution in [-0.2, 0) is 19.6 Å². The van der Waals surface area contributed by atoms with Gasteiger partial charge in [-0.2, -0.15) is 0 Å². The van der Waals surface area contributed by atoms with Gasteiger partial charge in [0.05, 0.1) is 12.7 Å². The van der Waals surface area contributed by atoms with Crippen molar-refractivity contribution >= 4 is 21.9 Å². The Morgan fingerprint density at radius 2 is 1.97 bits per heavy atom. The van der Waals surface area contributed by atoms with Crippen molar-refractivity contribution in [2.24, 2.45) is 0 Å². The molecule has 160 valence electrons. The molecule has 1 amide bonds. The second-order valence-corrected chi connectivity index (χ2v) is 9.06. The number of hydrogen-bond acceptors (Lipinski definition) is 6. The fourth-order valence-electron chi connectivity index (χ4n) is 2.96. The highest BCUT2D eigenvalue weighted by Crippen LogP contribution is 2.27. The first kappa shape index (κ1) is 22.9. The van der Waals surface area contributed by atoms with E-state index in [4.69, 9.17) is 9.47 Å². The SMILES string of the molecule is COc1ccc(C(=O)OCC(=O)NCCC2=CCCCC2)cc1S(=O)(=O)N(C)C. The number of rotatable bonds is 9. The van der Waals surface area contributed by atoms with E-state index >= 15 is 0 Å². The molecule has 0 fully saturated rings. The Hall–Kier alpha value is -2.39. The molecule has 9 heteroatoms. The van der Waals surface area contributed by atoms with E-state index in [9.17, 15) is 18.0 Å². The predicted octanol–water partition coefficient (Wildman–Crippen LogP) is 2.11. The Kier molecular flexibility index (Phi) is 8.21. The summed E-state index contributed by atoms with van der Waals surface area (Å²) in [4.78, 5) is 24.0. The second-order valence-electron chi connectivity index (χ2n) is 6.94. The lowest BCUT2D eigenvalue weighted by Crippen LogP contribution is -2.30. The summed E-state index contributed by atoms with van der Waals surface area (Å²) < 4.78 is 36.0. The monoisotopic (exact) mass is 424 g/mol. The van der Waals surface area contributed by atoms with Gasteiger partial charge in [0, 0.05) is 20.6 Å². The van der Waals surface area contributed by atoms with Crippen molar-refractivity contribution in [2.45, 2.75) is 37.0 Å². The Morgan fingerprint density at radius 3 is 2.59 bits per heavy atom. The van der Waals surface area contributed by atoms with Crippen LogP contribution in [0.25, 0.3) is 0 Å². The van der Waals surface area contributed by atoms with Crippen molar-refractivity contribution < 1.29 is 27.5 Å². The third-order valence-corrected chi connectivity index (χ3v) is 6.48. The van der Waals surface area contributed by atoms with Crippen molar-refractivity contribution in [2.75, 3.05) is 34.4 Å². The number of sulfonamides is 1. The molecule has 1 aromatic carbocycles. The number of ether oxygens (including phenoxy) is 2. The number of benzene rings is 1. The highest BCUT2D eigenvalue weighted by atomic mass is 32.2. The maximum Gasteiger partial charge on any atom is 0.338 e. The van der Waals surface area contributed by atoms with Gasteiger partial charge in [-0.1, -0.05) is 11.6 Å². The first-order chi connectivity index (χ1) is 13.8. The molecule has 0 unspecified atom stereocenters. The molecule has 0 radical (unpaired) electrons. The summed E-state index contributed by atoms with van der Waals surface area (Å²) in [6.07, 6.45) is 7.58. The number of nitrogens with zero attached hydrogens (tertiary/aromatic N) is 1. The zero-order chi connectivity index (χ0) is 21.4. The highest BCUT2D eigenvalue weighted by Gasteiger charge is 2.24. The van der Waals surface area contributed by atoms with Gasteiger partial charge in [0.15, 0.2) is 6.61 Å². The molecule has 0 aromatic heterocycles. The van der Waals surface area contributed by atoms with Crippen LogP contribution in [0.2, 0.25) is 0 Å². The van der Waals surface area contributed by atoms with Crippen LogP contribution in [0.15, 0.2) is 34.7 Å². The smallest absolute Gasteiger partial charge is 0.338 e. The van der Waals surface area contributed by atoms with Crippen molar-refractivity contribution in [1.82, 2.24) is 9.62 Å². The summed E-state index contributed by atoms with van der Waals surface area (Å²) in [5.41, 5.74) is 1.37. The number of carbonyl (C=O) groups is 2. The summed E-state index contributed by atoms with van der Waals surface area (Å²) in [5.74, 6) is -1.07. The normalized spacial score (nSPS) is 14.3. The number of methoxy groups -OCH3 is 1. The van der Waals surface area contributed by atoms with E-state index in [0.29, 0.717) is 6.54 Å². The molecule has 2 rings (SSSR count). The lowest BCUT2D eigenvalue weighted by Gasteiger charge is -2.15. The van der Waals surface area contributed by atoms with E-state index in [1.807, 2.05) is 0 Å². The summed E-state index contributed by atoms with van der Waals surface area (Å²) in [6.45, 7) is 0.0651. The number of carbonyl (C=O) groups excluding carboxylic acids is 2. The van der Waals surface area contributed by atoms with Crippen LogP contribution >= 0.6 is 0 Å². The van der Waals surface area contributed by atoms with E-state index in [1.54, 1.807) is 0 Å². The lowest BCUT2D eigenvalue weighted by molar-refractivity contribution is -0.124. The van der Waals surface area contributed by atoms with Gasteiger partial charge in [-0.25, -0.2) is 17.5 Å². The first-order valence-corrected chi connectivity index (χ1v) is 10.9. The summed E-state index contributed by atoms with van der Waals surface area (Å²) >= 11 is 0. The molecule has 0 heterocycles. The van der Waals surface area contributed by atoms with Gasteiger partial charge in [0.25, 0.3) is 5.91 Å². The van der Waals surface area contributed by atoms with E-state index in [0.717, 1.165) is 23.6 Å². The average molecular weight is 425 g/mol. The number of nitrogens with one attached hydrogen (secondary N) is 1. The van der Waals surface area contributed by atoms with Crippen LogP contribution in [0.1, 0.15) is 42.5 Å². The van der Waals surface area contributed by atoms with Gasteiger partial charge >= 0.3 is 5.97 Å². The molecule has 0 saturated heterocycles.